The Hall–Kier alpha value is -4.22. The van der Waals surface area contributed by atoms with Crippen molar-refractivity contribution >= 4 is 108 Å². The lowest BCUT2D eigenvalue weighted by Gasteiger charge is -2.46. The van der Waals surface area contributed by atoms with Gasteiger partial charge in [-0.15, -0.1) is 16.8 Å². The number of fused-ring (bicyclic) bond motifs is 4. The SMILES string of the molecule is CC1CC(C)(C)N=C2C1=CC1C(=C2S(=O)(=O)O)OC2C(=C1c1c(Cl)c(SCC(=O)NCCCCCC(=O)ON3C(=O)CCC3=O)c(Cl)c(Cl)c1C(=O)O)C=C1C(=C2S(=O)(=O)O)NC(C)(C)CC1C. The molecular formula is C44H49Cl3N4O14S3. The van der Waals surface area contributed by atoms with E-state index < -0.39 is 105 Å². The second kappa shape index (κ2) is 18.8. The molecule has 3 amide bonds. The number of benzene rings is 1. The number of nitrogens with zero attached hydrogens (tertiary/aromatic N) is 2. The maximum Gasteiger partial charge on any atom is 0.337 e. The summed E-state index contributed by atoms with van der Waals surface area (Å²) in [7, 11) is -10.5. The lowest BCUT2D eigenvalue weighted by atomic mass is 9.71. The standard InChI is InChI=1S/C44H49Cl3N4O14S3/c1-19-16-43(3,4)49-35-21(19)14-23-29(24-15-22-20(2)17-44(5,6)50-36(22)41(68(61,62)63)38(24)64-37(23)40(35)67(58,59)60)30-31(42(56)57)32(45)34(47)39(33(30)46)66-18-25(52)48-13-9-7-8-10-28(55)65-51-26(53)11-12-27(51)54/h14-15,19-20,23,38,50H,7-13,16-18H2,1-6H3,(H,48,52)(H,56,57)(H,58,59,60)(H,61,62,63). The summed E-state index contributed by atoms with van der Waals surface area (Å²) in [6.45, 7) is 11.0. The number of allylic oxidation sites excluding steroid dienone is 4. The van der Waals surface area contributed by atoms with Crippen LogP contribution in [0, 0.1) is 17.8 Å². The number of ether oxygens (including phenoxy) is 1. The fraction of sp³-hybridized carbons (Fsp3) is 0.500. The number of thioether (sulfide) groups is 1. The Kier molecular flexibility index (Phi) is 14.3. The predicted molar refractivity (Wildman–Crippen MR) is 253 cm³/mol. The quantitative estimate of drug-likeness (QED) is 0.0404. The average Bonchev–Trinajstić information content (AvgIpc) is 3.51. The second-order valence-corrected chi connectivity index (χ2v) is 23.6. The maximum atomic E-state index is 13.7. The molecule has 7 rings (SSSR count). The van der Waals surface area contributed by atoms with Gasteiger partial charge in [-0.3, -0.25) is 28.5 Å². The van der Waals surface area contributed by atoms with Crippen molar-refractivity contribution < 1.29 is 64.6 Å². The summed E-state index contributed by atoms with van der Waals surface area (Å²) >= 11 is 21.7. The minimum absolute atomic E-state index is 0.00929. The van der Waals surface area contributed by atoms with E-state index in [1.165, 1.54) is 0 Å². The van der Waals surface area contributed by atoms with Gasteiger partial charge in [-0.2, -0.15) is 16.8 Å². The zero-order valence-corrected chi connectivity index (χ0v) is 42.3. The van der Waals surface area contributed by atoms with Crippen molar-refractivity contribution in [1.82, 2.24) is 15.7 Å². The van der Waals surface area contributed by atoms with Gasteiger partial charge >= 0.3 is 11.9 Å². The van der Waals surface area contributed by atoms with E-state index in [1.54, 1.807) is 26.0 Å². The number of carboxylic acids is 1. The molecule has 24 heteroatoms. The zero-order valence-electron chi connectivity index (χ0n) is 37.6. The van der Waals surface area contributed by atoms with Crippen molar-refractivity contribution in [2.75, 3.05) is 12.3 Å². The third kappa shape index (κ3) is 10.0. The lowest BCUT2D eigenvalue weighted by molar-refractivity contribution is -0.197. The Labute approximate surface area is 412 Å². The van der Waals surface area contributed by atoms with E-state index >= 15 is 0 Å². The van der Waals surface area contributed by atoms with Crippen molar-refractivity contribution in [1.29, 1.82) is 0 Å². The molecule has 2 saturated heterocycles. The van der Waals surface area contributed by atoms with E-state index in [0.29, 0.717) is 48.3 Å². The number of carboxylic acid groups (broad SMARTS) is 1. The van der Waals surface area contributed by atoms with Gasteiger partial charge in [-0.25, -0.2) is 9.59 Å². The number of hydroxylamine groups is 2. The predicted octanol–water partition coefficient (Wildman–Crippen LogP) is 7.24. The molecule has 6 aliphatic rings. The first-order valence-electron chi connectivity index (χ1n) is 21.6. The summed E-state index contributed by atoms with van der Waals surface area (Å²) in [5, 5.41) is 16.1. The van der Waals surface area contributed by atoms with Crippen molar-refractivity contribution in [2.45, 2.75) is 115 Å². The summed E-state index contributed by atoms with van der Waals surface area (Å²) in [6.07, 6.45) is 3.36. The number of nitrogens with one attached hydrogen (secondary N) is 2. The Morgan fingerprint density at radius 3 is 2.21 bits per heavy atom. The smallest absolute Gasteiger partial charge is 0.337 e. The number of piperidine rings is 1. The fourth-order valence-corrected chi connectivity index (χ4v) is 13.5. The first-order chi connectivity index (χ1) is 31.5. The summed E-state index contributed by atoms with van der Waals surface area (Å²) in [4.78, 5) is 70.3. The highest BCUT2D eigenvalue weighted by Crippen LogP contribution is 2.57. The van der Waals surface area contributed by atoms with Gasteiger partial charge in [0, 0.05) is 47.4 Å². The highest BCUT2D eigenvalue weighted by molar-refractivity contribution is 8.00. The highest BCUT2D eigenvalue weighted by Gasteiger charge is 2.52. The van der Waals surface area contributed by atoms with E-state index in [4.69, 9.17) is 49.4 Å². The van der Waals surface area contributed by atoms with Crippen molar-refractivity contribution in [3.8, 4) is 0 Å². The first-order valence-corrected chi connectivity index (χ1v) is 26.6. The van der Waals surface area contributed by atoms with Crippen LogP contribution in [0.1, 0.15) is 109 Å². The van der Waals surface area contributed by atoms with E-state index in [0.717, 1.165) is 11.8 Å². The molecule has 0 saturated carbocycles. The van der Waals surface area contributed by atoms with Gasteiger partial charge in [0.1, 0.15) is 10.7 Å². The largest absolute Gasteiger partial charge is 0.482 e. The molecule has 0 spiro atoms. The number of hydrogen-bond acceptors (Lipinski definition) is 14. The molecule has 368 valence electrons. The van der Waals surface area contributed by atoms with Crippen LogP contribution in [-0.4, -0.2) is 101 Å². The number of aliphatic imine (C=N–C) groups is 1. The summed E-state index contributed by atoms with van der Waals surface area (Å²) in [5.74, 6) is -7.07. The molecule has 0 bridgehead atoms. The molecule has 1 aromatic carbocycles. The van der Waals surface area contributed by atoms with E-state index in [-0.39, 0.29) is 80.5 Å². The van der Waals surface area contributed by atoms with Crippen molar-refractivity contribution in [3.63, 3.8) is 0 Å². The molecule has 0 aromatic heterocycles. The number of carbonyl (C=O) groups excluding carboxylic acids is 4. The van der Waals surface area contributed by atoms with Crippen LogP contribution in [0.25, 0.3) is 5.57 Å². The Morgan fingerprint density at radius 1 is 0.941 bits per heavy atom. The Balaban J connectivity index is 1.31. The zero-order chi connectivity index (χ0) is 50.2. The number of carbonyl (C=O) groups is 5. The molecule has 4 aliphatic heterocycles. The van der Waals surface area contributed by atoms with Gasteiger partial charge in [0.25, 0.3) is 32.1 Å². The molecule has 5 N–H and O–H groups in total. The number of halogens is 3. The number of unbranched alkanes of at least 4 members (excludes halogenated alkanes) is 2. The van der Waals surface area contributed by atoms with Crippen LogP contribution >= 0.6 is 46.6 Å². The first kappa shape index (κ1) is 51.6. The van der Waals surface area contributed by atoms with Gasteiger partial charge in [0.2, 0.25) is 5.91 Å². The molecule has 4 unspecified atom stereocenters. The molecule has 4 heterocycles. The molecule has 18 nitrogen and oxygen atoms in total. The molecule has 68 heavy (non-hydrogen) atoms. The van der Waals surface area contributed by atoms with Gasteiger partial charge in [0.15, 0.2) is 11.0 Å². The molecule has 0 radical (unpaired) electrons. The minimum Gasteiger partial charge on any atom is -0.482 e. The van der Waals surface area contributed by atoms with Crippen LogP contribution in [0.4, 0.5) is 0 Å². The minimum atomic E-state index is -5.28. The number of imide groups is 1. The summed E-state index contributed by atoms with van der Waals surface area (Å²) in [6, 6.07) is 0. The monoisotopic (exact) mass is 1060 g/mol. The third-order valence-electron chi connectivity index (χ3n) is 12.4. The van der Waals surface area contributed by atoms with Gasteiger partial charge in [-0.1, -0.05) is 61.1 Å². The second-order valence-electron chi connectivity index (χ2n) is 18.8. The molecule has 4 atom stereocenters. The average molecular weight is 1060 g/mol. The number of aromatic carboxylic acids is 1. The highest BCUT2D eigenvalue weighted by atomic mass is 35.5. The molecule has 2 aliphatic carbocycles. The number of amides is 3. The third-order valence-corrected chi connectivity index (χ3v) is 16.8. The van der Waals surface area contributed by atoms with Crippen LogP contribution in [0.2, 0.25) is 15.1 Å². The van der Waals surface area contributed by atoms with Gasteiger partial charge in [-0.05, 0) is 88.0 Å². The summed E-state index contributed by atoms with van der Waals surface area (Å²) < 4.78 is 83.3. The van der Waals surface area contributed by atoms with E-state index in [2.05, 4.69) is 10.6 Å². The molecule has 2 fully saturated rings. The normalized spacial score (nSPS) is 24.2. The maximum absolute atomic E-state index is 13.7. The summed E-state index contributed by atoms with van der Waals surface area (Å²) in [5.41, 5.74) is -2.01. The van der Waals surface area contributed by atoms with E-state index in [9.17, 15) is 55.0 Å². The topological polar surface area (TPSA) is 272 Å². The lowest BCUT2D eigenvalue weighted by Crippen LogP contribution is -2.49. The molecule has 1 aromatic rings. The van der Waals surface area contributed by atoms with Crippen LogP contribution in [0.3, 0.4) is 0 Å². The number of hydrogen-bond donors (Lipinski definition) is 5. The Bertz CT molecular complexity index is 2870. The van der Waals surface area contributed by atoms with Gasteiger partial charge in [0.05, 0.1) is 49.2 Å². The van der Waals surface area contributed by atoms with E-state index in [1.807, 2.05) is 27.7 Å². The molecular weight excluding hydrogens is 1010 g/mol. The van der Waals surface area contributed by atoms with Crippen LogP contribution in [0.5, 0.6) is 0 Å². The Morgan fingerprint density at radius 2 is 1.59 bits per heavy atom. The van der Waals surface area contributed by atoms with Gasteiger partial charge < -0.3 is 25.3 Å². The number of rotatable bonds is 14. The fourth-order valence-electron chi connectivity index (χ4n) is 9.77. The van der Waals surface area contributed by atoms with Crippen molar-refractivity contribution in [2.24, 2.45) is 22.7 Å². The van der Waals surface area contributed by atoms with Crippen LogP contribution in [0.15, 0.2) is 60.0 Å². The van der Waals surface area contributed by atoms with Crippen LogP contribution in [-0.2, 0) is 49.0 Å². The van der Waals surface area contributed by atoms with Crippen molar-refractivity contribution in [3.05, 3.63) is 76.3 Å². The van der Waals surface area contributed by atoms with Crippen LogP contribution < -0.4 is 10.6 Å².